The zero-order chi connectivity index (χ0) is 12.3. The van der Waals surface area contributed by atoms with Crippen molar-refractivity contribution in [2.45, 2.75) is 18.9 Å². The van der Waals surface area contributed by atoms with Crippen molar-refractivity contribution in [2.24, 2.45) is 4.99 Å². The molecule has 0 fully saturated rings. The Morgan fingerprint density at radius 2 is 2.35 bits per heavy atom. The predicted octanol–water partition coefficient (Wildman–Crippen LogP) is 3.18. The molecule has 90 valence electrons. The van der Waals surface area contributed by atoms with Gasteiger partial charge in [-0.1, -0.05) is 58.1 Å². The molecule has 2 rings (SSSR count). The number of anilines is 1. The summed E-state index contributed by atoms with van der Waals surface area (Å²) in [6, 6.07) is 7.17. The first-order chi connectivity index (χ1) is 8.22. The zero-order valence-electron chi connectivity index (χ0n) is 9.07. The third-order valence-electron chi connectivity index (χ3n) is 2.56. The van der Waals surface area contributed by atoms with Crippen molar-refractivity contribution in [2.75, 3.05) is 9.33 Å². The van der Waals surface area contributed by atoms with E-state index in [1.807, 2.05) is 18.2 Å². The summed E-state index contributed by atoms with van der Waals surface area (Å²) in [7, 11) is 0. The standard InChI is InChI=1S/C12H11ClIN2O/c13-9-3-1-4-10(7-9)16-8-15-12(17)11(16)5-2-6-14/h1,3-4,7,11H,2,5-6H2/q-1. The van der Waals surface area contributed by atoms with Gasteiger partial charge in [0.25, 0.3) is 0 Å². The average Bonchev–Trinajstić information content (AvgIpc) is 2.68. The minimum absolute atomic E-state index is 0.116. The number of hydrogen-bond donors (Lipinski definition) is 0. The molecule has 1 amide bonds. The first-order valence-corrected chi connectivity index (χ1v) is 7.23. The number of nitrogens with zero attached hydrogens (tertiary/aromatic N) is 2. The summed E-state index contributed by atoms with van der Waals surface area (Å²) in [5.41, 5.74) is 0.866. The second-order valence-electron chi connectivity index (χ2n) is 3.75. The summed E-state index contributed by atoms with van der Waals surface area (Å²) >= 11 is 8.25. The molecule has 0 spiro atoms. The fraction of sp³-hybridized carbons (Fsp3) is 0.333. The molecule has 5 heteroatoms. The number of halogens is 2. The van der Waals surface area contributed by atoms with Crippen LogP contribution in [0.1, 0.15) is 12.8 Å². The lowest BCUT2D eigenvalue weighted by Crippen LogP contribution is -2.34. The molecule has 0 radical (unpaired) electrons. The number of carbonyl (C=O) groups is 1. The molecule has 3 nitrogen and oxygen atoms in total. The van der Waals surface area contributed by atoms with Crippen LogP contribution in [0.15, 0.2) is 29.3 Å². The summed E-state index contributed by atoms with van der Waals surface area (Å²) in [6.45, 7) is 0. The Balaban J connectivity index is 2.19. The van der Waals surface area contributed by atoms with Crippen molar-refractivity contribution in [1.82, 2.24) is 0 Å². The fourth-order valence-electron chi connectivity index (χ4n) is 1.74. The van der Waals surface area contributed by atoms with Crippen molar-refractivity contribution in [3.05, 3.63) is 29.3 Å². The molecule has 1 unspecified atom stereocenters. The molecule has 17 heavy (non-hydrogen) atoms. The van der Waals surface area contributed by atoms with Gasteiger partial charge >= 0.3 is 0 Å². The lowest BCUT2D eigenvalue weighted by Gasteiger charge is -2.30. The first kappa shape index (κ1) is 12.8. The number of hydrogen-bond acceptors (Lipinski definition) is 2. The van der Waals surface area contributed by atoms with Gasteiger partial charge in [-0.3, -0.25) is 0 Å². The number of amides is 1. The van der Waals surface area contributed by atoms with E-state index in [4.69, 9.17) is 11.6 Å². The van der Waals surface area contributed by atoms with Gasteiger partial charge in [0.05, 0.1) is 0 Å². The molecule has 1 aliphatic rings. The summed E-state index contributed by atoms with van der Waals surface area (Å²) in [5.74, 6) is -0.116. The summed E-state index contributed by atoms with van der Waals surface area (Å²) in [4.78, 5) is 17.2. The van der Waals surface area contributed by atoms with Gasteiger partial charge in [0.1, 0.15) is 0 Å². The number of benzene rings is 1. The maximum atomic E-state index is 11.6. The van der Waals surface area contributed by atoms with Crippen LogP contribution >= 0.6 is 34.2 Å². The van der Waals surface area contributed by atoms with Crippen molar-refractivity contribution < 1.29 is 4.79 Å². The van der Waals surface area contributed by atoms with Crippen molar-refractivity contribution in [3.8, 4) is 0 Å². The topological polar surface area (TPSA) is 32.7 Å². The molecule has 0 aromatic heterocycles. The van der Waals surface area contributed by atoms with Gasteiger partial charge in [0.15, 0.2) is 5.91 Å². The SMILES string of the molecule is O=C1N=[C-]N(c2cccc(Cl)c2)C1CCCI. The quantitative estimate of drug-likeness (QED) is 0.469. The smallest absolute Gasteiger partial charge is 0.164 e. The van der Waals surface area contributed by atoms with E-state index in [1.54, 1.807) is 11.0 Å². The highest BCUT2D eigenvalue weighted by Gasteiger charge is 2.21. The van der Waals surface area contributed by atoms with Gasteiger partial charge in [-0.05, 0) is 23.3 Å². The van der Waals surface area contributed by atoms with Gasteiger partial charge in [0.2, 0.25) is 0 Å². The molecule has 1 heterocycles. The molecule has 0 bridgehead atoms. The van der Waals surface area contributed by atoms with E-state index >= 15 is 0 Å². The number of carbonyl (C=O) groups excluding carboxylic acids is 1. The largest absolute Gasteiger partial charge is 0.438 e. The van der Waals surface area contributed by atoms with E-state index in [9.17, 15) is 4.79 Å². The number of aliphatic imine (C=N–C) groups is 1. The molecular weight excluding hydrogens is 351 g/mol. The van der Waals surface area contributed by atoms with Crippen LogP contribution in [0.5, 0.6) is 0 Å². The molecule has 0 saturated carbocycles. The van der Waals surface area contributed by atoms with Crippen LogP contribution in [0.3, 0.4) is 0 Å². The number of rotatable bonds is 4. The molecule has 0 aliphatic carbocycles. The van der Waals surface area contributed by atoms with Crippen molar-refractivity contribution >= 4 is 52.1 Å². The lowest BCUT2D eigenvalue weighted by molar-refractivity contribution is -0.118. The van der Waals surface area contributed by atoms with Crippen LogP contribution in [-0.2, 0) is 4.79 Å². The van der Waals surface area contributed by atoms with E-state index in [2.05, 4.69) is 33.9 Å². The van der Waals surface area contributed by atoms with Gasteiger partial charge < -0.3 is 14.7 Å². The van der Waals surface area contributed by atoms with E-state index in [1.165, 1.54) is 0 Å². The van der Waals surface area contributed by atoms with Gasteiger partial charge in [-0.15, -0.1) is 0 Å². The highest BCUT2D eigenvalue weighted by molar-refractivity contribution is 14.1. The molecule has 1 aromatic rings. The minimum Gasteiger partial charge on any atom is -0.438 e. The predicted molar refractivity (Wildman–Crippen MR) is 78.3 cm³/mol. The van der Waals surface area contributed by atoms with E-state index < -0.39 is 0 Å². The second kappa shape index (κ2) is 5.82. The Labute approximate surface area is 119 Å². The number of alkyl halides is 1. The monoisotopic (exact) mass is 361 g/mol. The van der Waals surface area contributed by atoms with Gasteiger partial charge in [-0.2, -0.15) is 0 Å². The van der Waals surface area contributed by atoms with E-state index in [-0.39, 0.29) is 11.9 Å². The normalized spacial score (nSPS) is 19.1. The molecule has 1 aliphatic heterocycles. The van der Waals surface area contributed by atoms with Gasteiger partial charge in [0, 0.05) is 17.4 Å². The zero-order valence-corrected chi connectivity index (χ0v) is 12.0. The Morgan fingerprint density at radius 1 is 1.53 bits per heavy atom. The van der Waals surface area contributed by atoms with Crippen molar-refractivity contribution in [3.63, 3.8) is 0 Å². The Morgan fingerprint density at radius 3 is 3.06 bits per heavy atom. The van der Waals surface area contributed by atoms with E-state index in [0.717, 1.165) is 23.0 Å². The average molecular weight is 362 g/mol. The van der Waals surface area contributed by atoms with Crippen LogP contribution in [0.2, 0.25) is 5.02 Å². The molecule has 1 atom stereocenters. The van der Waals surface area contributed by atoms with Crippen LogP contribution in [-0.4, -0.2) is 22.7 Å². The molecule has 0 saturated heterocycles. The third kappa shape index (κ3) is 2.98. The summed E-state index contributed by atoms with van der Waals surface area (Å²) in [6.07, 6.45) is 4.54. The molecule has 1 aromatic carbocycles. The maximum Gasteiger partial charge on any atom is 0.164 e. The summed E-state index contributed by atoms with van der Waals surface area (Å²) < 4.78 is 1.03. The Kier molecular flexibility index (Phi) is 4.39. The summed E-state index contributed by atoms with van der Waals surface area (Å²) in [5, 5.41) is 0.649. The van der Waals surface area contributed by atoms with Crippen molar-refractivity contribution in [1.29, 1.82) is 0 Å². The first-order valence-electron chi connectivity index (χ1n) is 5.33. The Hall–Kier alpha value is -0.620. The van der Waals surface area contributed by atoms with E-state index in [0.29, 0.717) is 5.02 Å². The highest BCUT2D eigenvalue weighted by atomic mass is 127. The third-order valence-corrected chi connectivity index (χ3v) is 3.56. The van der Waals surface area contributed by atoms with Gasteiger partial charge in [-0.25, -0.2) is 0 Å². The fourth-order valence-corrected chi connectivity index (χ4v) is 2.37. The molecular formula is C12H11ClIN2O-. The van der Waals surface area contributed by atoms with Crippen LogP contribution in [0.4, 0.5) is 5.69 Å². The maximum absolute atomic E-state index is 11.6. The van der Waals surface area contributed by atoms with Crippen LogP contribution in [0, 0.1) is 0 Å². The lowest BCUT2D eigenvalue weighted by atomic mass is 10.1. The highest BCUT2D eigenvalue weighted by Crippen LogP contribution is 2.25. The van der Waals surface area contributed by atoms with Crippen LogP contribution < -0.4 is 4.90 Å². The Bertz CT molecular complexity index is 450. The second-order valence-corrected chi connectivity index (χ2v) is 5.26. The minimum atomic E-state index is -0.219. The molecule has 0 N–H and O–H groups in total. The van der Waals surface area contributed by atoms with Crippen LogP contribution in [0.25, 0.3) is 0 Å².